The molecule has 8 heteroatoms. The summed E-state index contributed by atoms with van der Waals surface area (Å²) in [5.74, 6) is 2.74. The number of carbonyl (C=O) groups excluding carboxylic acids is 1. The summed E-state index contributed by atoms with van der Waals surface area (Å²) in [5.41, 5.74) is 0.344. The van der Waals surface area contributed by atoms with Crippen molar-refractivity contribution in [3.8, 4) is 5.88 Å². The number of fused-ring (bicyclic) bond motifs is 1. The van der Waals surface area contributed by atoms with Gasteiger partial charge in [-0.2, -0.15) is 4.98 Å². The number of aromatic nitrogens is 1. The van der Waals surface area contributed by atoms with Gasteiger partial charge in [0.1, 0.15) is 29.5 Å². The van der Waals surface area contributed by atoms with E-state index < -0.39 is 16.8 Å². The minimum Gasteiger partial charge on any atom is -0.616 e. The van der Waals surface area contributed by atoms with Gasteiger partial charge in [-0.1, -0.05) is 11.2 Å². The molecule has 1 aromatic heterocycles. The molecule has 2 aliphatic heterocycles. The molecule has 0 atom stereocenters. The van der Waals surface area contributed by atoms with Crippen LogP contribution in [-0.2, 0) is 22.5 Å². The number of rotatable bonds is 1. The van der Waals surface area contributed by atoms with E-state index in [4.69, 9.17) is 9.47 Å². The molecule has 0 aromatic carbocycles. The maximum absolute atomic E-state index is 12.3. The van der Waals surface area contributed by atoms with Crippen molar-refractivity contribution in [2.24, 2.45) is 0 Å². The highest BCUT2D eigenvalue weighted by Gasteiger charge is 2.27. The molecule has 1 saturated heterocycles. The van der Waals surface area contributed by atoms with E-state index >= 15 is 0 Å². The Kier molecular flexibility index (Phi) is 5.29. The highest BCUT2D eigenvalue weighted by Crippen LogP contribution is 2.26. The summed E-state index contributed by atoms with van der Waals surface area (Å²) in [6.07, 6.45) is -0.341. The fourth-order valence-electron chi connectivity index (χ4n) is 2.77. The van der Waals surface area contributed by atoms with E-state index in [2.05, 4.69) is 9.88 Å². The summed E-state index contributed by atoms with van der Waals surface area (Å²) in [4.78, 5) is 20.7. The quantitative estimate of drug-likeness (QED) is 0.704. The second kappa shape index (κ2) is 7.29. The molecule has 0 spiro atoms. The number of nitrogens with zero attached hydrogens (tertiary/aromatic N) is 3. The lowest BCUT2D eigenvalue weighted by molar-refractivity contribution is 0.0225. The highest BCUT2D eigenvalue weighted by molar-refractivity contribution is 7.91. The van der Waals surface area contributed by atoms with E-state index in [0.717, 1.165) is 24.5 Å². The van der Waals surface area contributed by atoms with Gasteiger partial charge in [-0.15, -0.1) is 0 Å². The number of hydrogen-bond acceptors (Lipinski definition) is 6. The number of anilines is 1. The van der Waals surface area contributed by atoms with Crippen molar-refractivity contribution in [3.05, 3.63) is 17.7 Å². The summed E-state index contributed by atoms with van der Waals surface area (Å²) in [5, 5.41) is 0. The van der Waals surface area contributed by atoms with Crippen LogP contribution in [0.2, 0.25) is 0 Å². The first-order chi connectivity index (χ1) is 11.8. The molecular formula is C17H25N3O4S. The lowest BCUT2D eigenvalue weighted by Crippen LogP contribution is -2.40. The molecule has 0 unspecified atom stereocenters. The molecule has 0 radical (unpaired) electrons. The van der Waals surface area contributed by atoms with Crippen LogP contribution < -0.4 is 9.64 Å². The fraction of sp³-hybridized carbons (Fsp3) is 0.647. The number of pyridine rings is 1. The maximum atomic E-state index is 12.3. The third kappa shape index (κ3) is 4.70. The predicted molar refractivity (Wildman–Crippen MR) is 96.5 cm³/mol. The molecule has 25 heavy (non-hydrogen) atoms. The summed E-state index contributed by atoms with van der Waals surface area (Å²) < 4.78 is 22.7. The standard InChI is InChI=1S/C17H25N3O4S/c1-17(2,3)24-16(21)20-6-9-23-15-13(12-20)4-5-14(18-15)19-7-10-25(22)11-8-19/h4-5H,6-12H2,1-3H3. The van der Waals surface area contributed by atoms with Gasteiger partial charge in [0.25, 0.3) is 0 Å². The molecule has 7 nitrogen and oxygen atoms in total. The van der Waals surface area contributed by atoms with Gasteiger partial charge < -0.3 is 23.8 Å². The molecule has 3 rings (SSSR count). The predicted octanol–water partition coefficient (Wildman–Crippen LogP) is 1.78. The number of hydrogen-bond donors (Lipinski definition) is 0. The average molecular weight is 367 g/mol. The molecule has 138 valence electrons. The Morgan fingerprint density at radius 3 is 2.68 bits per heavy atom. The van der Waals surface area contributed by atoms with Crippen molar-refractivity contribution < 1.29 is 18.8 Å². The van der Waals surface area contributed by atoms with Gasteiger partial charge in [0.2, 0.25) is 5.88 Å². The lowest BCUT2D eigenvalue weighted by Gasteiger charge is -2.29. The van der Waals surface area contributed by atoms with Crippen molar-refractivity contribution in [1.29, 1.82) is 0 Å². The molecule has 3 heterocycles. The molecule has 0 aliphatic carbocycles. The Labute approximate surface area is 151 Å². The Morgan fingerprint density at radius 1 is 1.28 bits per heavy atom. The second-order valence-corrected chi connectivity index (χ2v) is 8.92. The van der Waals surface area contributed by atoms with Crippen molar-refractivity contribution in [1.82, 2.24) is 9.88 Å². The summed E-state index contributed by atoms with van der Waals surface area (Å²) in [7, 11) is 0. The zero-order chi connectivity index (χ0) is 18.0. The molecule has 2 aliphatic rings. The lowest BCUT2D eigenvalue weighted by atomic mass is 10.2. The van der Waals surface area contributed by atoms with Gasteiger partial charge >= 0.3 is 6.09 Å². The summed E-state index contributed by atoms with van der Waals surface area (Å²) >= 11 is -0.717. The van der Waals surface area contributed by atoms with Crippen LogP contribution in [0, 0.1) is 0 Å². The van der Waals surface area contributed by atoms with Crippen molar-refractivity contribution in [3.63, 3.8) is 0 Å². The van der Waals surface area contributed by atoms with Crippen LogP contribution >= 0.6 is 0 Å². The first kappa shape index (κ1) is 18.1. The zero-order valence-electron chi connectivity index (χ0n) is 15.0. The fourth-order valence-corrected chi connectivity index (χ4v) is 3.82. The minimum atomic E-state index is -0.717. The Hall–Kier alpha value is -1.67. The second-order valence-electron chi connectivity index (χ2n) is 7.22. The molecular weight excluding hydrogens is 342 g/mol. The van der Waals surface area contributed by atoms with E-state index in [0.29, 0.717) is 37.1 Å². The van der Waals surface area contributed by atoms with Crippen molar-refractivity contribution in [2.75, 3.05) is 42.6 Å². The van der Waals surface area contributed by atoms with Crippen LogP contribution in [0.3, 0.4) is 0 Å². The van der Waals surface area contributed by atoms with Gasteiger partial charge in [0.15, 0.2) is 0 Å². The number of carbonyl (C=O) groups is 1. The van der Waals surface area contributed by atoms with E-state index in [1.165, 1.54) is 0 Å². The van der Waals surface area contributed by atoms with E-state index in [1.54, 1.807) is 4.90 Å². The molecule has 1 amide bonds. The molecule has 0 N–H and O–H groups in total. The average Bonchev–Trinajstić information content (AvgIpc) is 2.75. The summed E-state index contributed by atoms with van der Waals surface area (Å²) in [6.45, 7) is 8.30. The number of ether oxygens (including phenoxy) is 2. The normalized spacial score (nSPS) is 19.0. The highest BCUT2D eigenvalue weighted by atomic mass is 32.2. The van der Waals surface area contributed by atoms with Gasteiger partial charge in [-0.25, -0.2) is 4.79 Å². The minimum absolute atomic E-state index is 0.341. The Morgan fingerprint density at radius 2 is 2.00 bits per heavy atom. The van der Waals surface area contributed by atoms with Gasteiger partial charge in [0.05, 0.1) is 26.2 Å². The Bertz CT molecular complexity index is 627. The topological polar surface area (TPSA) is 78.0 Å². The van der Waals surface area contributed by atoms with Gasteiger partial charge in [0, 0.05) is 5.56 Å². The van der Waals surface area contributed by atoms with Crippen LogP contribution in [0.5, 0.6) is 5.88 Å². The largest absolute Gasteiger partial charge is 0.616 e. The molecule has 0 saturated carbocycles. The monoisotopic (exact) mass is 367 g/mol. The van der Waals surface area contributed by atoms with Gasteiger partial charge in [-0.3, -0.25) is 0 Å². The maximum Gasteiger partial charge on any atom is 0.410 e. The van der Waals surface area contributed by atoms with Crippen LogP contribution in [0.25, 0.3) is 0 Å². The molecule has 1 aromatic rings. The van der Waals surface area contributed by atoms with E-state index in [1.807, 2.05) is 32.9 Å². The number of amides is 1. The van der Waals surface area contributed by atoms with E-state index in [9.17, 15) is 9.35 Å². The first-order valence-electron chi connectivity index (χ1n) is 8.52. The summed E-state index contributed by atoms with van der Waals surface area (Å²) in [6, 6.07) is 3.89. The van der Waals surface area contributed by atoms with Crippen molar-refractivity contribution in [2.45, 2.75) is 32.9 Å². The molecule has 1 fully saturated rings. The Balaban J connectivity index is 1.71. The first-order valence-corrected chi connectivity index (χ1v) is 10.0. The van der Waals surface area contributed by atoms with Crippen LogP contribution in [0.4, 0.5) is 10.6 Å². The molecule has 0 bridgehead atoms. The third-order valence-electron chi connectivity index (χ3n) is 4.04. The SMILES string of the molecule is CC(C)(C)OC(=O)N1CCOc2nc(N3CC[S+]([O-])CC3)ccc2C1. The van der Waals surface area contributed by atoms with Crippen molar-refractivity contribution >= 4 is 23.1 Å². The smallest absolute Gasteiger partial charge is 0.410 e. The van der Waals surface area contributed by atoms with E-state index in [-0.39, 0.29) is 6.09 Å². The third-order valence-corrected chi connectivity index (χ3v) is 5.31. The zero-order valence-corrected chi connectivity index (χ0v) is 15.8. The van der Waals surface area contributed by atoms with Crippen LogP contribution in [-0.4, -0.2) is 63.9 Å². The van der Waals surface area contributed by atoms with Crippen LogP contribution in [0.15, 0.2) is 12.1 Å². The van der Waals surface area contributed by atoms with Gasteiger partial charge in [-0.05, 0) is 32.9 Å². The van der Waals surface area contributed by atoms with Crippen LogP contribution in [0.1, 0.15) is 26.3 Å².